The lowest BCUT2D eigenvalue weighted by atomic mass is 9.80. The van der Waals surface area contributed by atoms with E-state index in [2.05, 4.69) is 5.32 Å². The van der Waals surface area contributed by atoms with Crippen LogP contribution < -0.4 is 5.32 Å². The molecule has 1 fully saturated rings. The second kappa shape index (κ2) is 6.06. The largest absolute Gasteiger partial charge is 0.395 e. The van der Waals surface area contributed by atoms with E-state index >= 15 is 0 Å². The molecule has 0 radical (unpaired) electrons. The lowest BCUT2D eigenvalue weighted by molar-refractivity contribution is -0.0679. The SMILES string of the molecule is CCN(CCO)C(=O)NCC1(OC)CCC1. The summed E-state index contributed by atoms with van der Waals surface area (Å²) in [6.07, 6.45) is 3.18. The molecule has 0 saturated heterocycles. The fourth-order valence-corrected chi connectivity index (χ4v) is 1.90. The molecule has 0 aromatic heterocycles. The summed E-state index contributed by atoms with van der Waals surface area (Å²) >= 11 is 0. The Balaban J connectivity index is 2.33. The van der Waals surface area contributed by atoms with E-state index in [1.807, 2.05) is 6.92 Å². The molecular formula is C11H22N2O3. The summed E-state index contributed by atoms with van der Waals surface area (Å²) < 4.78 is 5.41. The molecule has 16 heavy (non-hydrogen) atoms. The van der Waals surface area contributed by atoms with Gasteiger partial charge in [-0.3, -0.25) is 0 Å². The van der Waals surface area contributed by atoms with Crippen molar-refractivity contribution in [2.24, 2.45) is 0 Å². The number of nitrogens with zero attached hydrogens (tertiary/aromatic N) is 1. The number of nitrogens with one attached hydrogen (secondary N) is 1. The van der Waals surface area contributed by atoms with Gasteiger partial charge >= 0.3 is 6.03 Å². The van der Waals surface area contributed by atoms with Crippen molar-refractivity contribution in [3.05, 3.63) is 0 Å². The zero-order chi connectivity index (χ0) is 12.0. The normalized spacial score (nSPS) is 17.7. The maximum Gasteiger partial charge on any atom is 0.317 e. The molecule has 94 valence electrons. The van der Waals surface area contributed by atoms with Gasteiger partial charge in [0.1, 0.15) is 0 Å². The van der Waals surface area contributed by atoms with Crippen LogP contribution in [0.15, 0.2) is 0 Å². The molecule has 5 heteroatoms. The summed E-state index contributed by atoms with van der Waals surface area (Å²) in [5.74, 6) is 0. The number of amides is 2. The maximum atomic E-state index is 11.7. The fraction of sp³-hybridized carbons (Fsp3) is 0.909. The first-order chi connectivity index (χ1) is 7.67. The van der Waals surface area contributed by atoms with Crippen LogP contribution in [0.2, 0.25) is 0 Å². The molecule has 1 aliphatic rings. The van der Waals surface area contributed by atoms with Gasteiger partial charge in [0.05, 0.1) is 12.2 Å². The Bertz CT molecular complexity index is 224. The summed E-state index contributed by atoms with van der Waals surface area (Å²) in [7, 11) is 1.69. The third-order valence-electron chi connectivity index (χ3n) is 3.30. The van der Waals surface area contributed by atoms with Crippen molar-refractivity contribution in [2.75, 3.05) is 33.4 Å². The van der Waals surface area contributed by atoms with Gasteiger partial charge in [-0.25, -0.2) is 4.79 Å². The molecule has 0 aromatic carbocycles. The standard InChI is InChI=1S/C11H22N2O3/c1-3-13(7-8-14)10(15)12-9-11(16-2)5-4-6-11/h14H,3-9H2,1-2H3,(H,12,15). The van der Waals surface area contributed by atoms with Crippen LogP contribution >= 0.6 is 0 Å². The summed E-state index contributed by atoms with van der Waals surface area (Å²) in [6, 6.07) is -0.125. The topological polar surface area (TPSA) is 61.8 Å². The van der Waals surface area contributed by atoms with Gasteiger partial charge in [0.15, 0.2) is 0 Å². The quantitative estimate of drug-likeness (QED) is 0.701. The van der Waals surface area contributed by atoms with Crippen LogP contribution in [0.1, 0.15) is 26.2 Å². The van der Waals surface area contributed by atoms with Crippen LogP contribution in [-0.4, -0.2) is 55.0 Å². The Hall–Kier alpha value is -0.810. The molecule has 0 aliphatic heterocycles. The van der Waals surface area contributed by atoms with Crippen molar-refractivity contribution < 1.29 is 14.6 Å². The minimum absolute atomic E-state index is 0.00329. The summed E-state index contributed by atoms with van der Waals surface area (Å²) in [5.41, 5.74) is -0.145. The average Bonchev–Trinajstić information content (AvgIpc) is 2.24. The van der Waals surface area contributed by atoms with Gasteiger partial charge in [0, 0.05) is 26.7 Å². The molecule has 1 rings (SSSR count). The molecule has 0 bridgehead atoms. The Morgan fingerprint density at radius 1 is 1.56 bits per heavy atom. The fourth-order valence-electron chi connectivity index (χ4n) is 1.90. The van der Waals surface area contributed by atoms with Crippen LogP contribution in [0, 0.1) is 0 Å². The monoisotopic (exact) mass is 230 g/mol. The Morgan fingerprint density at radius 3 is 2.62 bits per heavy atom. The van der Waals surface area contributed by atoms with E-state index in [9.17, 15) is 4.79 Å². The number of methoxy groups -OCH3 is 1. The van der Waals surface area contributed by atoms with E-state index < -0.39 is 0 Å². The van der Waals surface area contributed by atoms with Gasteiger partial charge in [-0.2, -0.15) is 0 Å². The molecule has 0 atom stereocenters. The Morgan fingerprint density at radius 2 is 2.25 bits per heavy atom. The predicted molar refractivity (Wildman–Crippen MR) is 61.3 cm³/mol. The molecule has 2 amide bonds. The second-order valence-electron chi connectivity index (χ2n) is 4.20. The van der Waals surface area contributed by atoms with E-state index in [4.69, 9.17) is 9.84 Å². The Kier molecular flexibility index (Phi) is 5.02. The number of urea groups is 1. The number of aliphatic hydroxyl groups is 1. The molecule has 1 aliphatic carbocycles. The van der Waals surface area contributed by atoms with E-state index in [-0.39, 0.29) is 18.2 Å². The highest BCUT2D eigenvalue weighted by Crippen LogP contribution is 2.34. The van der Waals surface area contributed by atoms with Gasteiger partial charge in [-0.05, 0) is 26.2 Å². The van der Waals surface area contributed by atoms with Crippen LogP contribution in [0.5, 0.6) is 0 Å². The number of hydrogen-bond donors (Lipinski definition) is 2. The average molecular weight is 230 g/mol. The molecule has 0 heterocycles. The molecule has 0 unspecified atom stereocenters. The zero-order valence-electron chi connectivity index (χ0n) is 10.2. The molecular weight excluding hydrogens is 208 g/mol. The van der Waals surface area contributed by atoms with Crippen molar-refractivity contribution in [3.8, 4) is 0 Å². The van der Waals surface area contributed by atoms with Crippen LogP contribution in [0.3, 0.4) is 0 Å². The van der Waals surface area contributed by atoms with Gasteiger partial charge in [-0.1, -0.05) is 0 Å². The minimum atomic E-state index is -0.145. The van der Waals surface area contributed by atoms with Crippen molar-refractivity contribution >= 4 is 6.03 Å². The van der Waals surface area contributed by atoms with E-state index in [0.717, 1.165) is 19.3 Å². The number of hydrogen-bond acceptors (Lipinski definition) is 3. The third-order valence-corrected chi connectivity index (χ3v) is 3.30. The highest BCUT2D eigenvalue weighted by molar-refractivity contribution is 5.74. The van der Waals surface area contributed by atoms with Crippen molar-refractivity contribution in [1.29, 1.82) is 0 Å². The Labute approximate surface area is 96.8 Å². The van der Waals surface area contributed by atoms with Crippen molar-refractivity contribution in [2.45, 2.75) is 31.8 Å². The van der Waals surface area contributed by atoms with Crippen LogP contribution in [0.25, 0.3) is 0 Å². The first kappa shape index (κ1) is 13.3. The first-order valence-corrected chi connectivity index (χ1v) is 5.86. The zero-order valence-corrected chi connectivity index (χ0v) is 10.2. The smallest absolute Gasteiger partial charge is 0.317 e. The van der Waals surface area contributed by atoms with Crippen molar-refractivity contribution in [1.82, 2.24) is 10.2 Å². The highest BCUT2D eigenvalue weighted by atomic mass is 16.5. The number of ether oxygens (including phenoxy) is 1. The molecule has 2 N–H and O–H groups in total. The summed E-state index contributed by atoms with van der Waals surface area (Å²) in [4.78, 5) is 13.3. The maximum absolute atomic E-state index is 11.7. The molecule has 5 nitrogen and oxygen atoms in total. The van der Waals surface area contributed by atoms with E-state index in [1.165, 1.54) is 0 Å². The second-order valence-corrected chi connectivity index (χ2v) is 4.20. The number of carbonyl (C=O) groups excluding carboxylic acids is 1. The lowest BCUT2D eigenvalue weighted by Gasteiger charge is -2.40. The predicted octanol–water partition coefficient (Wildman–Crippen LogP) is 0.579. The first-order valence-electron chi connectivity index (χ1n) is 5.86. The summed E-state index contributed by atoms with van der Waals surface area (Å²) in [6.45, 7) is 3.43. The molecule has 0 aromatic rings. The van der Waals surface area contributed by atoms with Gasteiger partial charge < -0.3 is 20.1 Å². The number of likely N-dealkylation sites (N-methyl/N-ethyl adjacent to an activating group) is 1. The lowest BCUT2D eigenvalue weighted by Crippen LogP contribution is -2.52. The van der Waals surface area contributed by atoms with Crippen LogP contribution in [-0.2, 0) is 4.74 Å². The third kappa shape index (κ3) is 3.09. The van der Waals surface area contributed by atoms with E-state index in [0.29, 0.717) is 19.6 Å². The van der Waals surface area contributed by atoms with E-state index in [1.54, 1.807) is 12.0 Å². The molecule has 1 saturated carbocycles. The summed E-state index contributed by atoms with van der Waals surface area (Å²) in [5, 5.41) is 11.7. The van der Waals surface area contributed by atoms with Crippen molar-refractivity contribution in [3.63, 3.8) is 0 Å². The molecule has 0 spiro atoms. The highest BCUT2D eigenvalue weighted by Gasteiger charge is 2.37. The van der Waals surface area contributed by atoms with Gasteiger partial charge in [0.25, 0.3) is 0 Å². The van der Waals surface area contributed by atoms with Crippen LogP contribution in [0.4, 0.5) is 4.79 Å². The minimum Gasteiger partial charge on any atom is -0.395 e. The number of rotatable bonds is 6. The van der Waals surface area contributed by atoms with Gasteiger partial charge in [-0.15, -0.1) is 0 Å². The number of aliphatic hydroxyl groups excluding tert-OH is 1. The van der Waals surface area contributed by atoms with Gasteiger partial charge in [0.2, 0.25) is 0 Å². The number of carbonyl (C=O) groups is 1.